The zero-order valence-corrected chi connectivity index (χ0v) is 9.22. The van der Waals surface area contributed by atoms with Crippen LogP contribution in [0.25, 0.3) is 0 Å². The van der Waals surface area contributed by atoms with E-state index in [1.807, 2.05) is 25.1 Å². The number of Topliss-reactive ketones (excluding diaryl/α,β-unsaturated/α-hetero) is 1. The Labute approximate surface area is 86.0 Å². The molecule has 0 heterocycles. The number of carbonyl (C=O) groups excluding carboxylic acids is 1. The monoisotopic (exact) mass is 242 g/mol. The molecule has 0 N–H and O–H groups in total. The van der Waals surface area contributed by atoms with Gasteiger partial charge in [-0.2, -0.15) is 0 Å². The summed E-state index contributed by atoms with van der Waals surface area (Å²) in [5, 5.41) is 0. The minimum atomic E-state index is 0.0283. The van der Waals surface area contributed by atoms with E-state index in [-0.39, 0.29) is 12.4 Å². The van der Waals surface area contributed by atoms with E-state index in [9.17, 15) is 4.79 Å². The molecule has 1 aromatic rings. The van der Waals surface area contributed by atoms with E-state index < -0.39 is 0 Å². The molecule has 0 saturated heterocycles. The summed E-state index contributed by atoms with van der Waals surface area (Å²) in [5.41, 5.74) is 1.10. The van der Waals surface area contributed by atoms with Gasteiger partial charge in [-0.1, -0.05) is 15.9 Å². The van der Waals surface area contributed by atoms with Crippen molar-refractivity contribution in [2.75, 3.05) is 6.61 Å². The summed E-state index contributed by atoms with van der Waals surface area (Å²) in [4.78, 5) is 10.6. The van der Waals surface area contributed by atoms with Crippen LogP contribution in [0, 0.1) is 6.92 Å². The molecule has 0 unspecified atom stereocenters. The summed E-state index contributed by atoms with van der Waals surface area (Å²) < 4.78 is 6.28. The summed E-state index contributed by atoms with van der Waals surface area (Å²) in [7, 11) is 0. The predicted molar refractivity (Wildman–Crippen MR) is 55.1 cm³/mol. The van der Waals surface area contributed by atoms with E-state index in [0.29, 0.717) is 0 Å². The van der Waals surface area contributed by atoms with E-state index in [4.69, 9.17) is 4.74 Å². The fourth-order valence-electron chi connectivity index (χ4n) is 0.892. The molecule has 13 heavy (non-hydrogen) atoms. The van der Waals surface area contributed by atoms with Crippen molar-refractivity contribution in [3.63, 3.8) is 0 Å². The van der Waals surface area contributed by atoms with Gasteiger partial charge in [0, 0.05) is 4.47 Å². The first-order chi connectivity index (χ1) is 6.09. The second kappa shape index (κ2) is 4.42. The maximum absolute atomic E-state index is 10.6. The summed E-state index contributed by atoms with van der Waals surface area (Å²) in [6.45, 7) is 3.62. The van der Waals surface area contributed by atoms with Crippen molar-refractivity contribution in [2.45, 2.75) is 13.8 Å². The van der Waals surface area contributed by atoms with Gasteiger partial charge in [0.25, 0.3) is 0 Å². The van der Waals surface area contributed by atoms with Gasteiger partial charge in [-0.3, -0.25) is 4.79 Å². The van der Waals surface area contributed by atoms with Crippen LogP contribution in [0.15, 0.2) is 22.7 Å². The summed E-state index contributed by atoms with van der Waals surface area (Å²) >= 11 is 3.39. The van der Waals surface area contributed by atoms with Crippen LogP contribution in [0.5, 0.6) is 5.75 Å². The van der Waals surface area contributed by atoms with Crippen molar-refractivity contribution in [3.05, 3.63) is 28.2 Å². The third-order valence-corrected chi connectivity index (χ3v) is 2.46. The van der Waals surface area contributed by atoms with Crippen molar-refractivity contribution in [3.8, 4) is 5.75 Å². The molecule has 3 heteroatoms. The Morgan fingerprint density at radius 3 is 2.77 bits per heavy atom. The molecule has 2 nitrogen and oxygen atoms in total. The van der Waals surface area contributed by atoms with E-state index in [1.54, 1.807) is 0 Å². The number of benzene rings is 1. The van der Waals surface area contributed by atoms with E-state index >= 15 is 0 Å². The van der Waals surface area contributed by atoms with Crippen molar-refractivity contribution in [1.82, 2.24) is 0 Å². The van der Waals surface area contributed by atoms with Gasteiger partial charge in [0.05, 0.1) is 0 Å². The van der Waals surface area contributed by atoms with Gasteiger partial charge in [0.2, 0.25) is 0 Å². The van der Waals surface area contributed by atoms with Crippen molar-refractivity contribution < 1.29 is 9.53 Å². The second-order valence-corrected chi connectivity index (χ2v) is 3.76. The number of aryl methyl sites for hydroxylation is 1. The van der Waals surface area contributed by atoms with E-state index in [2.05, 4.69) is 15.9 Å². The fraction of sp³-hybridized carbons (Fsp3) is 0.300. The van der Waals surface area contributed by atoms with Gasteiger partial charge >= 0.3 is 0 Å². The highest BCUT2D eigenvalue weighted by Crippen LogP contribution is 2.21. The average molecular weight is 243 g/mol. The van der Waals surface area contributed by atoms with Gasteiger partial charge in [0.1, 0.15) is 12.4 Å². The van der Waals surface area contributed by atoms with Gasteiger partial charge in [-0.25, -0.2) is 0 Å². The molecule has 70 valence electrons. The van der Waals surface area contributed by atoms with Crippen LogP contribution in [-0.4, -0.2) is 12.4 Å². The minimum absolute atomic E-state index is 0.0283. The summed E-state index contributed by atoms with van der Waals surface area (Å²) in [5.74, 6) is 0.761. The lowest BCUT2D eigenvalue weighted by Gasteiger charge is -2.05. The van der Waals surface area contributed by atoms with Crippen LogP contribution in [0.1, 0.15) is 12.5 Å². The van der Waals surface area contributed by atoms with Gasteiger partial charge in [0.15, 0.2) is 5.78 Å². The first kappa shape index (κ1) is 10.3. The average Bonchev–Trinajstić information content (AvgIpc) is 2.07. The molecule has 0 fully saturated rings. The second-order valence-electron chi connectivity index (χ2n) is 2.90. The van der Waals surface area contributed by atoms with Crippen molar-refractivity contribution >= 4 is 21.7 Å². The molecule has 1 rings (SSSR count). The molecule has 1 aromatic carbocycles. The molecular weight excluding hydrogens is 232 g/mol. The third-order valence-electron chi connectivity index (χ3n) is 1.57. The Balaban J connectivity index is 2.68. The fourth-order valence-corrected chi connectivity index (χ4v) is 1.14. The number of carbonyl (C=O) groups is 1. The highest BCUT2D eigenvalue weighted by molar-refractivity contribution is 9.10. The molecule has 0 saturated carbocycles. The lowest BCUT2D eigenvalue weighted by Crippen LogP contribution is -2.06. The highest BCUT2D eigenvalue weighted by atomic mass is 79.9. The Kier molecular flexibility index (Phi) is 3.48. The van der Waals surface area contributed by atoms with Gasteiger partial charge < -0.3 is 4.74 Å². The normalized spacial score (nSPS) is 9.77. The summed E-state index contributed by atoms with van der Waals surface area (Å²) in [6.07, 6.45) is 0. The van der Waals surface area contributed by atoms with Crippen LogP contribution < -0.4 is 4.74 Å². The van der Waals surface area contributed by atoms with Crippen molar-refractivity contribution in [2.24, 2.45) is 0 Å². The Morgan fingerprint density at radius 2 is 2.23 bits per heavy atom. The summed E-state index contributed by atoms with van der Waals surface area (Å²) in [6, 6.07) is 5.64. The van der Waals surface area contributed by atoms with Crippen molar-refractivity contribution in [1.29, 1.82) is 0 Å². The number of hydrogen-bond acceptors (Lipinski definition) is 2. The molecule has 0 aliphatic heterocycles. The van der Waals surface area contributed by atoms with E-state index in [1.165, 1.54) is 6.92 Å². The molecule has 0 aliphatic rings. The lowest BCUT2D eigenvalue weighted by atomic mass is 10.2. The van der Waals surface area contributed by atoms with Crippen LogP contribution in [0.4, 0.5) is 0 Å². The number of halogens is 1. The number of ether oxygens (including phenoxy) is 1. The first-order valence-electron chi connectivity index (χ1n) is 3.98. The number of hydrogen-bond donors (Lipinski definition) is 0. The highest BCUT2D eigenvalue weighted by Gasteiger charge is 1.99. The third kappa shape index (κ3) is 3.19. The molecule has 0 spiro atoms. The molecule has 0 amide bonds. The maximum Gasteiger partial charge on any atom is 0.167 e. The Morgan fingerprint density at radius 1 is 1.54 bits per heavy atom. The zero-order valence-electron chi connectivity index (χ0n) is 7.63. The molecule has 0 aliphatic carbocycles. The smallest absolute Gasteiger partial charge is 0.167 e. The lowest BCUT2D eigenvalue weighted by molar-refractivity contribution is -0.118. The van der Waals surface area contributed by atoms with Gasteiger partial charge in [-0.05, 0) is 37.6 Å². The van der Waals surface area contributed by atoms with E-state index in [0.717, 1.165) is 15.8 Å². The quantitative estimate of drug-likeness (QED) is 0.815. The predicted octanol–water partition coefficient (Wildman–Crippen LogP) is 2.73. The molecular formula is C10H11BrO2. The maximum atomic E-state index is 10.6. The van der Waals surface area contributed by atoms with Crippen LogP contribution in [0.3, 0.4) is 0 Å². The molecule has 0 aromatic heterocycles. The Bertz CT molecular complexity index is 321. The molecule has 0 radical (unpaired) electrons. The first-order valence-corrected chi connectivity index (χ1v) is 4.77. The zero-order chi connectivity index (χ0) is 9.84. The minimum Gasteiger partial charge on any atom is -0.486 e. The van der Waals surface area contributed by atoms with Gasteiger partial charge in [-0.15, -0.1) is 0 Å². The standard InChI is InChI=1S/C10H11BrO2/c1-7-5-9(3-4-10(7)11)13-6-8(2)12/h3-5H,6H2,1-2H3. The number of ketones is 1. The largest absolute Gasteiger partial charge is 0.486 e. The van der Waals surface area contributed by atoms with Crippen LogP contribution in [0.2, 0.25) is 0 Å². The number of rotatable bonds is 3. The van der Waals surface area contributed by atoms with Crippen LogP contribution in [-0.2, 0) is 4.79 Å². The van der Waals surface area contributed by atoms with Crippen LogP contribution >= 0.6 is 15.9 Å². The molecule has 0 bridgehead atoms. The topological polar surface area (TPSA) is 26.3 Å². The Hall–Kier alpha value is -0.830. The molecule has 0 atom stereocenters. The SMILES string of the molecule is CC(=O)COc1ccc(Br)c(C)c1.